The van der Waals surface area contributed by atoms with E-state index < -0.39 is 10.0 Å². The van der Waals surface area contributed by atoms with Gasteiger partial charge in [0.1, 0.15) is 5.01 Å². The Hall–Kier alpha value is -1.09. The van der Waals surface area contributed by atoms with Crippen molar-refractivity contribution in [1.82, 2.24) is 9.71 Å². The van der Waals surface area contributed by atoms with Gasteiger partial charge in [-0.05, 0) is 25.1 Å². The number of aromatic nitrogens is 1. The van der Waals surface area contributed by atoms with Crippen molar-refractivity contribution in [3.63, 3.8) is 0 Å². The second-order valence-electron chi connectivity index (χ2n) is 4.45. The predicted molar refractivity (Wildman–Crippen MR) is 89.0 cm³/mol. The summed E-state index contributed by atoms with van der Waals surface area (Å²) in [5.74, 6) is 0.533. The molecule has 114 valence electrons. The Labute approximate surface area is 133 Å². The van der Waals surface area contributed by atoms with Gasteiger partial charge >= 0.3 is 0 Å². The van der Waals surface area contributed by atoms with E-state index in [4.69, 9.17) is 5.73 Å². The molecule has 2 rings (SSSR count). The van der Waals surface area contributed by atoms with Gasteiger partial charge in [0, 0.05) is 27.9 Å². The topological polar surface area (TPSA) is 85.1 Å². The summed E-state index contributed by atoms with van der Waals surface area (Å²) in [6.07, 6.45) is 1.67. The average Bonchev–Trinajstić information content (AvgIpc) is 2.92. The van der Waals surface area contributed by atoms with Crippen LogP contribution in [-0.4, -0.2) is 24.9 Å². The van der Waals surface area contributed by atoms with Crippen LogP contribution in [0.1, 0.15) is 18.0 Å². The SMILES string of the molecule is CC(NS(=O)(=O)CCSc1cccc(N)c1)c1nccs1. The second kappa shape index (κ2) is 7.26. The van der Waals surface area contributed by atoms with Gasteiger partial charge in [-0.2, -0.15) is 0 Å². The largest absolute Gasteiger partial charge is 0.399 e. The van der Waals surface area contributed by atoms with Crippen LogP contribution in [0, 0.1) is 0 Å². The van der Waals surface area contributed by atoms with Crippen LogP contribution in [0.4, 0.5) is 5.69 Å². The molecular weight excluding hydrogens is 326 g/mol. The molecule has 0 radical (unpaired) electrons. The average molecular weight is 343 g/mol. The van der Waals surface area contributed by atoms with Crippen molar-refractivity contribution >= 4 is 38.8 Å². The number of hydrogen-bond donors (Lipinski definition) is 2. The number of sulfonamides is 1. The first-order chi connectivity index (χ1) is 9.96. The van der Waals surface area contributed by atoms with Crippen LogP contribution >= 0.6 is 23.1 Å². The first-order valence-electron chi connectivity index (χ1n) is 6.34. The Balaban J connectivity index is 1.84. The maximum Gasteiger partial charge on any atom is 0.213 e. The van der Waals surface area contributed by atoms with Gasteiger partial charge in [-0.3, -0.25) is 0 Å². The van der Waals surface area contributed by atoms with E-state index in [9.17, 15) is 8.42 Å². The van der Waals surface area contributed by atoms with Crippen molar-refractivity contribution in [3.05, 3.63) is 40.8 Å². The van der Waals surface area contributed by atoms with Crippen LogP contribution in [0.2, 0.25) is 0 Å². The molecule has 0 fully saturated rings. The molecule has 0 bridgehead atoms. The van der Waals surface area contributed by atoms with Gasteiger partial charge in [-0.25, -0.2) is 18.1 Å². The minimum Gasteiger partial charge on any atom is -0.399 e. The third-order valence-corrected chi connectivity index (χ3v) is 6.32. The lowest BCUT2D eigenvalue weighted by Crippen LogP contribution is -2.29. The molecule has 1 heterocycles. The third-order valence-electron chi connectivity index (χ3n) is 2.66. The van der Waals surface area contributed by atoms with E-state index in [0.717, 1.165) is 9.90 Å². The van der Waals surface area contributed by atoms with Gasteiger partial charge in [-0.1, -0.05) is 6.07 Å². The molecule has 0 spiro atoms. The van der Waals surface area contributed by atoms with Gasteiger partial charge in [0.15, 0.2) is 0 Å². The molecule has 1 aromatic carbocycles. The number of hydrogen-bond acceptors (Lipinski definition) is 6. The number of nitrogens with two attached hydrogens (primary N) is 1. The van der Waals surface area contributed by atoms with Crippen LogP contribution in [0.5, 0.6) is 0 Å². The van der Waals surface area contributed by atoms with Gasteiger partial charge in [-0.15, -0.1) is 23.1 Å². The maximum atomic E-state index is 12.0. The summed E-state index contributed by atoms with van der Waals surface area (Å²) in [7, 11) is -3.32. The number of thioether (sulfide) groups is 1. The fourth-order valence-corrected chi connectivity index (χ4v) is 5.03. The highest BCUT2D eigenvalue weighted by molar-refractivity contribution is 8.00. The molecular formula is C13H17N3O2S3. The van der Waals surface area contributed by atoms with E-state index in [2.05, 4.69) is 9.71 Å². The minimum atomic E-state index is -3.32. The Morgan fingerprint density at radius 1 is 1.48 bits per heavy atom. The summed E-state index contributed by atoms with van der Waals surface area (Å²) < 4.78 is 26.7. The molecule has 0 aliphatic carbocycles. The molecule has 1 atom stereocenters. The van der Waals surface area contributed by atoms with Crippen molar-refractivity contribution in [2.75, 3.05) is 17.2 Å². The molecule has 0 amide bonds. The number of nitrogens with zero attached hydrogens (tertiary/aromatic N) is 1. The van der Waals surface area contributed by atoms with Crippen LogP contribution in [0.15, 0.2) is 40.7 Å². The summed E-state index contributed by atoms with van der Waals surface area (Å²) in [6, 6.07) is 7.11. The molecule has 0 saturated heterocycles. The number of nitrogen functional groups attached to an aromatic ring is 1. The standard InChI is InChI=1S/C13H17N3O2S3/c1-10(13-15-5-6-20-13)16-21(17,18)8-7-19-12-4-2-3-11(14)9-12/h2-6,9-10,16H,7-8,14H2,1H3. The van der Waals surface area contributed by atoms with E-state index in [-0.39, 0.29) is 11.8 Å². The molecule has 2 aromatic rings. The summed E-state index contributed by atoms with van der Waals surface area (Å²) in [4.78, 5) is 5.08. The summed E-state index contributed by atoms with van der Waals surface area (Å²) in [5.41, 5.74) is 6.37. The molecule has 5 nitrogen and oxygen atoms in total. The predicted octanol–water partition coefficient (Wildman–Crippen LogP) is 2.50. The highest BCUT2D eigenvalue weighted by atomic mass is 32.2. The molecule has 0 saturated carbocycles. The normalized spacial score (nSPS) is 13.2. The van der Waals surface area contributed by atoms with Gasteiger partial charge < -0.3 is 5.73 Å². The van der Waals surface area contributed by atoms with Gasteiger partial charge in [0.05, 0.1) is 11.8 Å². The molecule has 3 N–H and O–H groups in total. The Bertz CT molecular complexity index is 672. The minimum absolute atomic E-state index is 0.0577. The lowest BCUT2D eigenvalue weighted by Gasteiger charge is -2.11. The first-order valence-corrected chi connectivity index (χ1v) is 9.86. The lowest BCUT2D eigenvalue weighted by atomic mass is 10.3. The lowest BCUT2D eigenvalue weighted by molar-refractivity contribution is 0.568. The van der Waals surface area contributed by atoms with E-state index in [0.29, 0.717) is 11.4 Å². The zero-order valence-electron chi connectivity index (χ0n) is 11.5. The molecule has 0 aliphatic rings. The molecule has 1 aromatic heterocycles. The molecule has 8 heteroatoms. The van der Waals surface area contributed by atoms with Crippen LogP contribution in [0.25, 0.3) is 0 Å². The highest BCUT2D eigenvalue weighted by Crippen LogP contribution is 2.21. The van der Waals surface area contributed by atoms with Crippen LogP contribution in [0.3, 0.4) is 0 Å². The van der Waals surface area contributed by atoms with E-state index >= 15 is 0 Å². The Morgan fingerprint density at radius 2 is 2.29 bits per heavy atom. The molecule has 1 unspecified atom stereocenters. The third kappa shape index (κ3) is 5.31. The number of thiazole rings is 1. The Morgan fingerprint density at radius 3 is 2.95 bits per heavy atom. The Kier molecular flexibility index (Phi) is 5.63. The summed E-state index contributed by atoms with van der Waals surface area (Å²) in [6.45, 7) is 1.79. The number of nitrogens with one attached hydrogen (secondary N) is 1. The van der Waals surface area contributed by atoms with Crippen LogP contribution in [-0.2, 0) is 10.0 Å². The van der Waals surface area contributed by atoms with E-state index in [1.54, 1.807) is 19.2 Å². The van der Waals surface area contributed by atoms with E-state index in [1.165, 1.54) is 23.1 Å². The summed E-state index contributed by atoms with van der Waals surface area (Å²) in [5, 5.41) is 2.59. The quantitative estimate of drug-likeness (QED) is 0.596. The van der Waals surface area contributed by atoms with Gasteiger partial charge in [0.25, 0.3) is 0 Å². The van der Waals surface area contributed by atoms with Crippen molar-refractivity contribution in [2.24, 2.45) is 0 Å². The molecule has 21 heavy (non-hydrogen) atoms. The van der Waals surface area contributed by atoms with E-state index in [1.807, 2.05) is 23.6 Å². The van der Waals surface area contributed by atoms with Crippen molar-refractivity contribution < 1.29 is 8.42 Å². The first kappa shape index (κ1) is 16.3. The maximum absolute atomic E-state index is 12.0. The van der Waals surface area contributed by atoms with Crippen molar-refractivity contribution in [3.8, 4) is 0 Å². The smallest absolute Gasteiger partial charge is 0.213 e. The second-order valence-corrected chi connectivity index (χ2v) is 8.42. The van der Waals surface area contributed by atoms with Crippen molar-refractivity contribution in [2.45, 2.75) is 17.9 Å². The van der Waals surface area contributed by atoms with Gasteiger partial charge in [0.2, 0.25) is 10.0 Å². The number of benzene rings is 1. The fraction of sp³-hybridized carbons (Fsp3) is 0.308. The zero-order valence-corrected chi connectivity index (χ0v) is 14.0. The monoisotopic (exact) mass is 343 g/mol. The van der Waals surface area contributed by atoms with Crippen molar-refractivity contribution in [1.29, 1.82) is 0 Å². The summed E-state index contributed by atoms with van der Waals surface area (Å²) >= 11 is 2.91. The zero-order chi connectivity index (χ0) is 15.3. The highest BCUT2D eigenvalue weighted by Gasteiger charge is 2.17. The van der Waals surface area contributed by atoms with Crippen LogP contribution < -0.4 is 10.5 Å². The number of rotatable bonds is 7. The molecule has 0 aliphatic heterocycles. The number of anilines is 1. The fourth-order valence-electron chi connectivity index (χ4n) is 1.70.